The molecular weight excluding hydrogens is 483 g/mol. The monoisotopic (exact) mass is 498 g/mol. The van der Waals surface area contributed by atoms with Crippen LogP contribution in [0.1, 0.15) is 0 Å². The summed E-state index contributed by atoms with van der Waals surface area (Å²) in [4.78, 5) is 17.0. The minimum absolute atomic E-state index is 0.0383. The fourth-order valence-corrected chi connectivity index (χ4v) is 3.68. The molecule has 0 atom stereocenters. The van der Waals surface area contributed by atoms with Crippen molar-refractivity contribution < 1.29 is 23.2 Å². The second-order valence-corrected chi connectivity index (χ2v) is 7.83. The summed E-state index contributed by atoms with van der Waals surface area (Å²) in [7, 11) is 0. The molecule has 1 amide bonds. The maximum absolute atomic E-state index is 13.5. The van der Waals surface area contributed by atoms with E-state index in [4.69, 9.17) is 14.0 Å². The third-order valence-corrected chi connectivity index (χ3v) is 5.40. The molecule has 2 aromatic heterocycles. The number of anilines is 1. The van der Waals surface area contributed by atoms with Crippen LogP contribution in [0.3, 0.4) is 0 Å². The minimum atomic E-state index is -0.379. The van der Waals surface area contributed by atoms with E-state index in [1.54, 1.807) is 53.2 Å². The molecule has 8 nitrogen and oxygen atoms in total. The molecule has 10 heteroatoms. The van der Waals surface area contributed by atoms with Crippen molar-refractivity contribution in [3.05, 3.63) is 65.0 Å². The van der Waals surface area contributed by atoms with E-state index in [0.29, 0.717) is 52.0 Å². The molecule has 1 aliphatic rings. The Hall–Kier alpha value is -3.66. The zero-order chi connectivity index (χ0) is 22.1. The highest BCUT2D eigenvalue weighted by atomic mass is 79.9. The molecule has 0 saturated carbocycles. The SMILES string of the molecule is O=C(Cn1cccc1-c1nc(-c2ccc(F)c(Br)c2)no1)Nc1ccc2c(c1)OCCO2. The van der Waals surface area contributed by atoms with E-state index < -0.39 is 0 Å². The molecule has 0 fully saturated rings. The van der Waals surface area contributed by atoms with Crippen molar-refractivity contribution in [3.63, 3.8) is 0 Å². The van der Waals surface area contributed by atoms with Gasteiger partial charge < -0.3 is 23.9 Å². The van der Waals surface area contributed by atoms with Gasteiger partial charge in [-0.15, -0.1) is 0 Å². The lowest BCUT2D eigenvalue weighted by Gasteiger charge is -2.19. The smallest absolute Gasteiger partial charge is 0.274 e. The maximum Gasteiger partial charge on any atom is 0.274 e. The van der Waals surface area contributed by atoms with Crippen molar-refractivity contribution in [1.29, 1.82) is 0 Å². The number of nitrogens with one attached hydrogen (secondary N) is 1. The number of fused-ring (bicyclic) bond motifs is 1. The number of carbonyl (C=O) groups is 1. The minimum Gasteiger partial charge on any atom is -0.486 e. The first kappa shape index (κ1) is 20.3. The first-order valence-electron chi connectivity index (χ1n) is 9.71. The molecular formula is C22H16BrFN4O4. The van der Waals surface area contributed by atoms with E-state index in [-0.39, 0.29) is 24.2 Å². The number of hydrogen-bond donors (Lipinski definition) is 1. The van der Waals surface area contributed by atoms with Gasteiger partial charge in [0.15, 0.2) is 11.5 Å². The fraction of sp³-hybridized carbons (Fsp3) is 0.136. The Bertz CT molecular complexity index is 1300. The summed E-state index contributed by atoms with van der Waals surface area (Å²) in [6.07, 6.45) is 1.75. The molecule has 0 spiro atoms. The van der Waals surface area contributed by atoms with E-state index in [9.17, 15) is 9.18 Å². The quantitative estimate of drug-likeness (QED) is 0.435. The van der Waals surface area contributed by atoms with Crippen LogP contribution < -0.4 is 14.8 Å². The topological polar surface area (TPSA) is 91.4 Å². The molecule has 162 valence electrons. The third-order valence-electron chi connectivity index (χ3n) is 4.79. The summed E-state index contributed by atoms with van der Waals surface area (Å²) in [5.41, 5.74) is 1.79. The van der Waals surface area contributed by atoms with E-state index >= 15 is 0 Å². The summed E-state index contributed by atoms with van der Waals surface area (Å²) in [5.74, 6) is 1.20. The molecule has 2 aromatic carbocycles. The number of nitrogens with zero attached hydrogens (tertiary/aromatic N) is 3. The molecule has 1 aliphatic heterocycles. The third kappa shape index (κ3) is 4.09. The first-order chi connectivity index (χ1) is 15.6. The van der Waals surface area contributed by atoms with Gasteiger partial charge in [0, 0.05) is 23.5 Å². The molecule has 1 N–H and O–H groups in total. The predicted molar refractivity (Wildman–Crippen MR) is 117 cm³/mol. The molecule has 4 aromatic rings. The van der Waals surface area contributed by atoms with E-state index in [1.165, 1.54) is 6.07 Å². The number of ether oxygens (including phenoxy) is 2. The Balaban J connectivity index is 1.31. The molecule has 0 unspecified atom stereocenters. The molecule has 0 saturated heterocycles. The Morgan fingerprint density at radius 3 is 2.81 bits per heavy atom. The van der Waals surface area contributed by atoms with E-state index in [1.807, 2.05) is 0 Å². The summed E-state index contributed by atoms with van der Waals surface area (Å²) in [6, 6.07) is 13.3. The fourth-order valence-electron chi connectivity index (χ4n) is 3.30. The highest BCUT2D eigenvalue weighted by molar-refractivity contribution is 9.10. The van der Waals surface area contributed by atoms with Crippen LogP contribution in [0.5, 0.6) is 11.5 Å². The maximum atomic E-state index is 13.5. The molecule has 3 heterocycles. The van der Waals surface area contributed by atoms with Gasteiger partial charge in [-0.1, -0.05) is 5.16 Å². The largest absolute Gasteiger partial charge is 0.486 e. The van der Waals surface area contributed by atoms with Crippen molar-refractivity contribution in [2.45, 2.75) is 6.54 Å². The molecule has 0 bridgehead atoms. The lowest BCUT2D eigenvalue weighted by molar-refractivity contribution is -0.116. The van der Waals surface area contributed by atoms with Crippen LogP contribution in [0.2, 0.25) is 0 Å². The zero-order valence-corrected chi connectivity index (χ0v) is 18.1. The number of hydrogen-bond acceptors (Lipinski definition) is 6. The van der Waals surface area contributed by atoms with Crippen LogP contribution in [-0.4, -0.2) is 33.8 Å². The summed E-state index contributed by atoms with van der Waals surface area (Å²) >= 11 is 3.15. The zero-order valence-electron chi connectivity index (χ0n) is 16.5. The van der Waals surface area contributed by atoms with Gasteiger partial charge in [-0.3, -0.25) is 4.79 Å². The van der Waals surface area contributed by atoms with Crippen molar-refractivity contribution in [3.8, 4) is 34.5 Å². The number of aromatic nitrogens is 3. The normalized spacial score (nSPS) is 12.6. The number of amides is 1. The van der Waals surface area contributed by atoms with Gasteiger partial charge in [0.25, 0.3) is 5.89 Å². The second-order valence-electron chi connectivity index (χ2n) is 6.98. The number of carbonyl (C=O) groups excluding carboxylic acids is 1. The van der Waals surface area contributed by atoms with Gasteiger partial charge in [-0.2, -0.15) is 4.98 Å². The number of rotatable bonds is 5. The van der Waals surface area contributed by atoms with Gasteiger partial charge >= 0.3 is 0 Å². The number of halogens is 2. The lowest BCUT2D eigenvalue weighted by Crippen LogP contribution is -2.19. The van der Waals surface area contributed by atoms with Crippen LogP contribution in [-0.2, 0) is 11.3 Å². The van der Waals surface area contributed by atoms with Crippen LogP contribution in [0.4, 0.5) is 10.1 Å². The van der Waals surface area contributed by atoms with Gasteiger partial charge in [-0.05, 0) is 58.4 Å². The van der Waals surface area contributed by atoms with Gasteiger partial charge in [0.2, 0.25) is 11.7 Å². The van der Waals surface area contributed by atoms with Crippen LogP contribution in [0.25, 0.3) is 23.0 Å². The Morgan fingerprint density at radius 2 is 1.97 bits per heavy atom. The molecule has 5 rings (SSSR count). The van der Waals surface area contributed by atoms with Crippen LogP contribution in [0.15, 0.2) is 63.7 Å². The summed E-state index contributed by atoms with van der Waals surface area (Å²) < 4.78 is 31.9. The van der Waals surface area contributed by atoms with Crippen molar-refractivity contribution >= 4 is 27.5 Å². The number of benzene rings is 2. The average Bonchev–Trinajstić information content (AvgIpc) is 3.45. The highest BCUT2D eigenvalue weighted by Crippen LogP contribution is 2.32. The molecule has 32 heavy (non-hydrogen) atoms. The second kappa shape index (κ2) is 8.46. The Labute approximate surface area is 190 Å². The van der Waals surface area contributed by atoms with Gasteiger partial charge in [0.1, 0.15) is 31.3 Å². The van der Waals surface area contributed by atoms with E-state index in [2.05, 4.69) is 31.4 Å². The van der Waals surface area contributed by atoms with Gasteiger partial charge in [0.05, 0.1) is 4.47 Å². The molecule has 0 aliphatic carbocycles. The van der Waals surface area contributed by atoms with Crippen LogP contribution in [0, 0.1) is 5.82 Å². The summed E-state index contributed by atoms with van der Waals surface area (Å²) in [6.45, 7) is 1.01. The first-order valence-corrected chi connectivity index (χ1v) is 10.5. The predicted octanol–water partition coefficient (Wildman–Crippen LogP) is 4.52. The summed E-state index contributed by atoms with van der Waals surface area (Å²) in [5, 5.41) is 6.82. The standard InChI is InChI=1S/C22H16BrFN4O4/c23-15-10-13(3-5-16(15)24)21-26-22(32-27-21)17-2-1-7-28(17)12-20(29)25-14-4-6-18-19(11-14)31-9-8-30-18/h1-7,10-11H,8-9,12H2,(H,25,29). The molecule has 0 radical (unpaired) electrons. The highest BCUT2D eigenvalue weighted by Gasteiger charge is 2.17. The van der Waals surface area contributed by atoms with Crippen molar-refractivity contribution in [2.75, 3.05) is 18.5 Å². The van der Waals surface area contributed by atoms with Crippen LogP contribution >= 0.6 is 15.9 Å². The Morgan fingerprint density at radius 1 is 1.12 bits per heavy atom. The lowest BCUT2D eigenvalue weighted by atomic mass is 10.2. The van der Waals surface area contributed by atoms with Crippen molar-refractivity contribution in [2.24, 2.45) is 0 Å². The van der Waals surface area contributed by atoms with E-state index in [0.717, 1.165) is 0 Å². The van der Waals surface area contributed by atoms with Crippen molar-refractivity contribution in [1.82, 2.24) is 14.7 Å². The van der Waals surface area contributed by atoms with Gasteiger partial charge in [-0.25, -0.2) is 4.39 Å². The average molecular weight is 499 g/mol. The Kier molecular flexibility index (Phi) is 5.36.